The molecule has 2 aromatic rings. The molecule has 2 aromatic carbocycles. The largest absolute Gasteiger partial charge is 0.497 e. The number of carbonyl (C=O) groups excluding carboxylic acids is 2. The van der Waals surface area contributed by atoms with Crippen molar-refractivity contribution < 1.29 is 14.3 Å². The van der Waals surface area contributed by atoms with Crippen molar-refractivity contribution in [1.82, 2.24) is 10.2 Å². The first-order valence-corrected chi connectivity index (χ1v) is 12.5. The second-order valence-electron chi connectivity index (χ2n) is 8.16. The number of hydrogen-bond acceptors (Lipinski definition) is 4. The number of nitrogens with zero attached hydrogens (tertiary/aromatic N) is 1. The molecule has 0 radical (unpaired) electrons. The fourth-order valence-electron chi connectivity index (χ4n) is 3.87. The lowest BCUT2D eigenvalue weighted by atomic mass is 10.1. The zero-order valence-corrected chi connectivity index (χ0v) is 20.3. The third kappa shape index (κ3) is 7.17. The number of rotatable bonds is 10. The number of methoxy groups -OCH3 is 1. The monoisotopic (exact) mass is 474 g/mol. The Hall–Kier alpha value is -2.18. The fraction of sp³-hybridized carbons (Fsp3) is 0.440. The van der Waals surface area contributed by atoms with Crippen LogP contribution in [0.1, 0.15) is 43.7 Å². The number of benzene rings is 2. The number of halogens is 1. The normalized spacial score (nSPS) is 14.7. The number of hydrogen-bond donors (Lipinski definition) is 1. The van der Waals surface area contributed by atoms with Gasteiger partial charge in [0.05, 0.1) is 12.9 Å². The van der Waals surface area contributed by atoms with E-state index in [4.69, 9.17) is 16.3 Å². The molecule has 1 atom stereocenters. The van der Waals surface area contributed by atoms with Crippen molar-refractivity contribution in [3.05, 3.63) is 64.7 Å². The van der Waals surface area contributed by atoms with Crippen LogP contribution < -0.4 is 10.1 Å². The van der Waals surface area contributed by atoms with Crippen LogP contribution in [0, 0.1) is 0 Å². The quantitative estimate of drug-likeness (QED) is 0.523. The number of ether oxygens (including phenoxy) is 1. The second kappa shape index (κ2) is 12.2. The van der Waals surface area contributed by atoms with Gasteiger partial charge in [0.25, 0.3) is 0 Å². The molecule has 172 valence electrons. The van der Waals surface area contributed by atoms with E-state index in [2.05, 4.69) is 5.32 Å². The zero-order chi connectivity index (χ0) is 22.9. The maximum Gasteiger partial charge on any atom is 0.242 e. The molecule has 3 rings (SSSR count). The first-order chi connectivity index (χ1) is 15.5. The van der Waals surface area contributed by atoms with Gasteiger partial charge in [-0.2, -0.15) is 0 Å². The molecule has 0 unspecified atom stereocenters. The topological polar surface area (TPSA) is 58.6 Å². The summed E-state index contributed by atoms with van der Waals surface area (Å²) in [6.45, 7) is 2.19. The molecule has 1 aliphatic carbocycles. The van der Waals surface area contributed by atoms with Crippen LogP contribution in [0.15, 0.2) is 48.5 Å². The molecule has 1 saturated carbocycles. The second-order valence-corrected chi connectivity index (χ2v) is 9.58. The van der Waals surface area contributed by atoms with E-state index in [0.717, 1.165) is 42.6 Å². The summed E-state index contributed by atoms with van der Waals surface area (Å²) in [7, 11) is 1.62. The van der Waals surface area contributed by atoms with Crippen LogP contribution in [-0.2, 0) is 21.9 Å². The summed E-state index contributed by atoms with van der Waals surface area (Å²) in [4.78, 5) is 27.8. The van der Waals surface area contributed by atoms with Crippen molar-refractivity contribution in [1.29, 1.82) is 0 Å². The minimum atomic E-state index is -0.544. The van der Waals surface area contributed by atoms with E-state index in [-0.39, 0.29) is 17.9 Å². The summed E-state index contributed by atoms with van der Waals surface area (Å²) in [5, 5.41) is 3.82. The standard InChI is InChI=1S/C25H31ClN2O3S/c1-18(25(30)27-22-8-3-4-9-22)28(15-19-10-12-23(31-2)13-11-19)24(29)17-32-16-20-6-5-7-21(26)14-20/h5-7,10-14,18,22H,3-4,8-9,15-17H2,1-2H3,(H,27,30)/t18-/m1/s1. The lowest BCUT2D eigenvalue weighted by molar-refractivity contribution is -0.138. The summed E-state index contributed by atoms with van der Waals surface area (Å²) in [6, 6.07) is 14.9. The van der Waals surface area contributed by atoms with Gasteiger partial charge in [-0.15, -0.1) is 11.8 Å². The highest BCUT2D eigenvalue weighted by Crippen LogP contribution is 2.21. The van der Waals surface area contributed by atoms with E-state index in [0.29, 0.717) is 23.1 Å². The Balaban J connectivity index is 1.65. The van der Waals surface area contributed by atoms with E-state index in [1.165, 1.54) is 11.8 Å². The van der Waals surface area contributed by atoms with Crippen LogP contribution in [0.5, 0.6) is 5.75 Å². The average Bonchev–Trinajstić information content (AvgIpc) is 3.30. The van der Waals surface area contributed by atoms with Crippen LogP contribution in [0.2, 0.25) is 5.02 Å². The van der Waals surface area contributed by atoms with Crippen molar-refractivity contribution >= 4 is 35.2 Å². The van der Waals surface area contributed by atoms with Gasteiger partial charge in [-0.3, -0.25) is 9.59 Å². The number of nitrogens with one attached hydrogen (secondary N) is 1. The summed E-state index contributed by atoms with van der Waals surface area (Å²) >= 11 is 7.59. The van der Waals surface area contributed by atoms with Crippen LogP contribution in [-0.4, -0.2) is 41.7 Å². The molecule has 32 heavy (non-hydrogen) atoms. The smallest absolute Gasteiger partial charge is 0.242 e. The Morgan fingerprint density at radius 1 is 1.16 bits per heavy atom. The lowest BCUT2D eigenvalue weighted by Crippen LogP contribution is -2.50. The Morgan fingerprint density at radius 3 is 2.53 bits per heavy atom. The molecular formula is C25H31ClN2O3S. The van der Waals surface area contributed by atoms with Gasteiger partial charge in [-0.25, -0.2) is 0 Å². The number of carbonyl (C=O) groups is 2. The van der Waals surface area contributed by atoms with Gasteiger partial charge >= 0.3 is 0 Å². The van der Waals surface area contributed by atoms with Gasteiger partial charge in [-0.05, 0) is 55.2 Å². The molecule has 5 nitrogen and oxygen atoms in total. The van der Waals surface area contributed by atoms with Crippen LogP contribution in [0.25, 0.3) is 0 Å². The molecule has 0 bridgehead atoms. The van der Waals surface area contributed by atoms with Gasteiger partial charge in [0.1, 0.15) is 11.8 Å². The van der Waals surface area contributed by atoms with E-state index >= 15 is 0 Å². The van der Waals surface area contributed by atoms with Gasteiger partial charge < -0.3 is 15.0 Å². The first kappa shape index (κ1) is 24.5. The predicted molar refractivity (Wildman–Crippen MR) is 131 cm³/mol. The predicted octanol–water partition coefficient (Wildman–Crippen LogP) is 5.06. The Bertz CT molecular complexity index is 900. The number of amides is 2. The highest BCUT2D eigenvalue weighted by Gasteiger charge is 2.28. The van der Waals surface area contributed by atoms with Crippen molar-refractivity contribution in [3.8, 4) is 5.75 Å². The van der Waals surface area contributed by atoms with E-state index in [9.17, 15) is 9.59 Å². The zero-order valence-electron chi connectivity index (χ0n) is 18.7. The van der Waals surface area contributed by atoms with Crippen LogP contribution >= 0.6 is 23.4 Å². The van der Waals surface area contributed by atoms with Crippen molar-refractivity contribution in [2.45, 2.75) is 57.0 Å². The first-order valence-electron chi connectivity index (χ1n) is 11.0. The SMILES string of the molecule is COc1ccc(CN(C(=O)CSCc2cccc(Cl)c2)[C@H](C)C(=O)NC2CCCC2)cc1. The molecule has 0 aromatic heterocycles. The fourth-order valence-corrected chi connectivity index (χ4v) is 4.94. The van der Waals surface area contributed by atoms with E-state index in [1.807, 2.05) is 55.5 Å². The summed E-state index contributed by atoms with van der Waals surface area (Å²) in [5.74, 6) is 1.60. The number of thioether (sulfide) groups is 1. The highest BCUT2D eigenvalue weighted by atomic mass is 35.5. The average molecular weight is 475 g/mol. The minimum absolute atomic E-state index is 0.0538. The van der Waals surface area contributed by atoms with Crippen LogP contribution in [0.4, 0.5) is 0 Å². The van der Waals surface area contributed by atoms with E-state index < -0.39 is 6.04 Å². The summed E-state index contributed by atoms with van der Waals surface area (Å²) in [5.41, 5.74) is 2.03. The summed E-state index contributed by atoms with van der Waals surface area (Å²) in [6.07, 6.45) is 4.32. The Morgan fingerprint density at radius 2 is 1.88 bits per heavy atom. The molecule has 1 N–H and O–H groups in total. The van der Waals surface area contributed by atoms with Gasteiger partial charge in [0.15, 0.2) is 0 Å². The maximum atomic E-state index is 13.2. The molecule has 0 spiro atoms. The maximum absolute atomic E-state index is 13.2. The van der Waals surface area contributed by atoms with Gasteiger partial charge in [0, 0.05) is 23.4 Å². The lowest BCUT2D eigenvalue weighted by Gasteiger charge is -2.29. The molecule has 1 aliphatic rings. The molecule has 1 fully saturated rings. The molecule has 0 saturated heterocycles. The van der Waals surface area contributed by atoms with E-state index in [1.54, 1.807) is 12.0 Å². The molecular weight excluding hydrogens is 444 g/mol. The molecule has 0 heterocycles. The molecule has 7 heteroatoms. The Labute approximate surface area is 199 Å². The van der Waals surface area contributed by atoms with Crippen LogP contribution in [0.3, 0.4) is 0 Å². The summed E-state index contributed by atoms with van der Waals surface area (Å²) < 4.78 is 5.23. The van der Waals surface area contributed by atoms with Crippen molar-refractivity contribution in [3.63, 3.8) is 0 Å². The third-order valence-corrected chi connectivity index (χ3v) is 6.99. The Kier molecular flexibility index (Phi) is 9.30. The third-order valence-electron chi connectivity index (χ3n) is 5.76. The molecule has 2 amide bonds. The highest BCUT2D eigenvalue weighted by molar-refractivity contribution is 7.99. The molecule has 0 aliphatic heterocycles. The van der Waals surface area contributed by atoms with Crippen molar-refractivity contribution in [2.75, 3.05) is 12.9 Å². The minimum Gasteiger partial charge on any atom is -0.497 e. The van der Waals surface area contributed by atoms with Gasteiger partial charge in [-0.1, -0.05) is 48.7 Å². The van der Waals surface area contributed by atoms with Crippen molar-refractivity contribution in [2.24, 2.45) is 0 Å². The van der Waals surface area contributed by atoms with Gasteiger partial charge in [0.2, 0.25) is 11.8 Å².